The van der Waals surface area contributed by atoms with Crippen molar-refractivity contribution in [3.05, 3.63) is 104 Å². The van der Waals surface area contributed by atoms with E-state index in [4.69, 9.17) is 27.9 Å². The van der Waals surface area contributed by atoms with Gasteiger partial charge in [0.15, 0.2) is 0 Å². The van der Waals surface area contributed by atoms with Crippen molar-refractivity contribution < 1.29 is 14.5 Å². The van der Waals surface area contributed by atoms with Crippen LogP contribution in [0.25, 0.3) is 10.9 Å². The summed E-state index contributed by atoms with van der Waals surface area (Å²) in [6.45, 7) is 0.515. The number of carbonyl (C=O) groups is 1. The van der Waals surface area contributed by atoms with Crippen LogP contribution in [-0.2, 0) is 6.54 Å². The number of nitro groups is 1. The van der Waals surface area contributed by atoms with E-state index in [0.29, 0.717) is 16.6 Å². The predicted octanol–water partition coefficient (Wildman–Crippen LogP) is 5.68. The number of hydrogen-bond donors (Lipinski definition) is 1. The third kappa shape index (κ3) is 4.88. The molecule has 0 radical (unpaired) electrons. The quantitative estimate of drug-likeness (QED) is 0.202. The first-order valence-corrected chi connectivity index (χ1v) is 10.8. The summed E-state index contributed by atoms with van der Waals surface area (Å²) in [5.41, 5.74) is 4.83. The minimum Gasteiger partial charge on any atom is -0.496 e. The molecule has 0 atom stereocenters. The Hall–Kier alpha value is -3.88. The first-order chi connectivity index (χ1) is 16.4. The van der Waals surface area contributed by atoms with Gasteiger partial charge in [-0.15, -0.1) is 0 Å². The standard InChI is InChI=1S/C24H18Cl2N4O4/c1-34-23-9-8-18(30(32)33)11-20(23)24(31)28-27-12-16-14-29(22-5-3-2-4-19(16)22)13-15-6-7-17(25)10-21(15)26/h2-12,14H,13H2,1H3,(H,28,31)/b27-12-. The molecule has 0 fully saturated rings. The highest BCUT2D eigenvalue weighted by molar-refractivity contribution is 6.35. The molecule has 10 heteroatoms. The number of ether oxygens (including phenoxy) is 1. The van der Waals surface area contributed by atoms with E-state index >= 15 is 0 Å². The van der Waals surface area contributed by atoms with Crippen LogP contribution >= 0.6 is 23.2 Å². The highest BCUT2D eigenvalue weighted by atomic mass is 35.5. The molecule has 1 amide bonds. The fourth-order valence-corrected chi connectivity index (χ4v) is 4.02. The van der Waals surface area contributed by atoms with E-state index in [1.165, 1.54) is 25.5 Å². The van der Waals surface area contributed by atoms with Crippen LogP contribution in [0.4, 0.5) is 5.69 Å². The Morgan fingerprint density at radius 3 is 2.71 bits per heavy atom. The molecule has 8 nitrogen and oxygen atoms in total. The number of hydrogen-bond acceptors (Lipinski definition) is 5. The monoisotopic (exact) mass is 496 g/mol. The van der Waals surface area contributed by atoms with Gasteiger partial charge < -0.3 is 9.30 Å². The molecule has 1 heterocycles. The van der Waals surface area contributed by atoms with Crippen LogP contribution in [0.5, 0.6) is 5.75 Å². The molecule has 0 saturated heterocycles. The number of aromatic nitrogens is 1. The maximum atomic E-state index is 12.6. The lowest BCUT2D eigenvalue weighted by molar-refractivity contribution is -0.384. The molecule has 0 aliphatic rings. The summed E-state index contributed by atoms with van der Waals surface area (Å²) in [5, 5.41) is 17.2. The van der Waals surface area contributed by atoms with Gasteiger partial charge in [-0.3, -0.25) is 14.9 Å². The van der Waals surface area contributed by atoms with E-state index in [2.05, 4.69) is 10.5 Å². The normalized spacial score (nSPS) is 11.1. The van der Waals surface area contributed by atoms with Crippen LogP contribution < -0.4 is 10.2 Å². The first kappa shape index (κ1) is 23.3. The van der Waals surface area contributed by atoms with Crippen LogP contribution in [-0.4, -0.2) is 28.7 Å². The van der Waals surface area contributed by atoms with Crippen molar-refractivity contribution in [2.45, 2.75) is 6.54 Å². The average molecular weight is 497 g/mol. The maximum absolute atomic E-state index is 12.6. The molecule has 0 spiro atoms. The number of para-hydroxylation sites is 1. The number of benzene rings is 3. The fraction of sp³-hybridized carbons (Fsp3) is 0.0833. The van der Waals surface area contributed by atoms with Gasteiger partial charge in [-0.2, -0.15) is 5.10 Å². The van der Waals surface area contributed by atoms with Gasteiger partial charge in [0.2, 0.25) is 0 Å². The summed E-state index contributed by atoms with van der Waals surface area (Å²) in [4.78, 5) is 23.1. The molecule has 4 aromatic rings. The van der Waals surface area contributed by atoms with E-state index in [1.807, 2.05) is 41.1 Å². The zero-order chi connectivity index (χ0) is 24.2. The van der Waals surface area contributed by atoms with Crippen molar-refractivity contribution >= 4 is 51.9 Å². The van der Waals surface area contributed by atoms with Crippen LogP contribution in [0.1, 0.15) is 21.5 Å². The molecule has 0 unspecified atom stereocenters. The number of hydrazone groups is 1. The number of fused-ring (bicyclic) bond motifs is 1. The molecule has 0 bridgehead atoms. The molecule has 0 aliphatic carbocycles. The van der Waals surface area contributed by atoms with Crippen LogP contribution in [0, 0.1) is 10.1 Å². The molecule has 0 aliphatic heterocycles. The van der Waals surface area contributed by atoms with Gasteiger partial charge in [0.25, 0.3) is 11.6 Å². The second kappa shape index (κ2) is 9.94. The number of halogens is 2. The van der Waals surface area contributed by atoms with Crippen molar-refractivity contribution in [2.24, 2.45) is 5.10 Å². The minimum atomic E-state index is -0.631. The topological polar surface area (TPSA) is 98.8 Å². The van der Waals surface area contributed by atoms with Gasteiger partial charge in [0.05, 0.1) is 23.8 Å². The third-order valence-electron chi connectivity index (χ3n) is 5.18. The molecule has 1 N–H and O–H groups in total. The van der Waals surface area contributed by atoms with E-state index in [9.17, 15) is 14.9 Å². The summed E-state index contributed by atoms with van der Waals surface area (Å²) in [6, 6.07) is 16.9. The lowest BCUT2D eigenvalue weighted by Crippen LogP contribution is -2.18. The van der Waals surface area contributed by atoms with E-state index in [-0.39, 0.29) is 17.0 Å². The Bertz CT molecular complexity index is 1430. The van der Waals surface area contributed by atoms with E-state index in [1.54, 1.807) is 12.1 Å². The second-order valence-electron chi connectivity index (χ2n) is 7.31. The predicted molar refractivity (Wildman–Crippen MR) is 132 cm³/mol. The van der Waals surface area contributed by atoms with E-state index in [0.717, 1.165) is 28.1 Å². The van der Waals surface area contributed by atoms with Crippen molar-refractivity contribution in [2.75, 3.05) is 7.11 Å². The highest BCUT2D eigenvalue weighted by Gasteiger charge is 2.17. The van der Waals surface area contributed by atoms with Gasteiger partial charge in [0.1, 0.15) is 5.75 Å². The summed E-state index contributed by atoms with van der Waals surface area (Å²) in [5.74, 6) is -0.428. The second-order valence-corrected chi connectivity index (χ2v) is 8.15. The van der Waals surface area contributed by atoms with Crippen molar-refractivity contribution in [1.29, 1.82) is 0 Å². The number of methoxy groups -OCH3 is 1. The Kier molecular flexibility index (Phi) is 6.81. The number of non-ortho nitro benzene ring substituents is 1. The van der Waals surface area contributed by atoms with Crippen molar-refractivity contribution in [3.63, 3.8) is 0 Å². The molecule has 3 aromatic carbocycles. The number of nitrogens with zero attached hydrogens (tertiary/aromatic N) is 3. The van der Waals surface area contributed by atoms with Crippen molar-refractivity contribution in [3.8, 4) is 5.75 Å². The van der Waals surface area contributed by atoms with Crippen LogP contribution in [0.2, 0.25) is 10.0 Å². The number of rotatable bonds is 7. The lowest BCUT2D eigenvalue weighted by Gasteiger charge is -2.08. The summed E-state index contributed by atoms with van der Waals surface area (Å²) in [7, 11) is 1.38. The zero-order valence-electron chi connectivity index (χ0n) is 17.9. The Balaban J connectivity index is 1.59. The average Bonchev–Trinajstić information content (AvgIpc) is 3.17. The van der Waals surface area contributed by atoms with Gasteiger partial charge >= 0.3 is 0 Å². The lowest BCUT2D eigenvalue weighted by atomic mass is 10.1. The van der Waals surface area contributed by atoms with Gasteiger partial charge in [-0.1, -0.05) is 47.5 Å². The summed E-state index contributed by atoms with van der Waals surface area (Å²) < 4.78 is 7.17. The number of nitro benzene ring substituents is 1. The van der Waals surface area contributed by atoms with E-state index < -0.39 is 10.8 Å². The Morgan fingerprint density at radius 1 is 1.18 bits per heavy atom. The molecular formula is C24H18Cl2N4O4. The Labute approximate surface area is 204 Å². The SMILES string of the molecule is COc1ccc([N+](=O)[O-])cc1C(=O)N/N=C\c1cn(Cc2ccc(Cl)cc2Cl)c2ccccc12. The molecular weight excluding hydrogens is 479 g/mol. The number of nitrogens with one attached hydrogen (secondary N) is 1. The Morgan fingerprint density at radius 2 is 1.97 bits per heavy atom. The fourth-order valence-electron chi connectivity index (χ4n) is 3.55. The van der Waals surface area contributed by atoms with Crippen LogP contribution in [0.3, 0.4) is 0 Å². The largest absolute Gasteiger partial charge is 0.496 e. The summed E-state index contributed by atoms with van der Waals surface area (Å²) >= 11 is 12.4. The van der Waals surface area contributed by atoms with Crippen LogP contribution in [0.15, 0.2) is 72.0 Å². The molecule has 172 valence electrons. The first-order valence-electron chi connectivity index (χ1n) is 10.0. The summed E-state index contributed by atoms with van der Waals surface area (Å²) in [6.07, 6.45) is 3.42. The number of carbonyl (C=O) groups excluding carboxylic acids is 1. The maximum Gasteiger partial charge on any atom is 0.275 e. The molecule has 4 rings (SSSR count). The van der Waals surface area contributed by atoms with Gasteiger partial charge in [-0.25, -0.2) is 5.43 Å². The number of amides is 1. The smallest absolute Gasteiger partial charge is 0.275 e. The molecule has 34 heavy (non-hydrogen) atoms. The minimum absolute atomic E-state index is 0.00802. The highest BCUT2D eigenvalue weighted by Crippen LogP contribution is 2.26. The third-order valence-corrected chi connectivity index (χ3v) is 5.77. The van der Waals surface area contributed by atoms with Gasteiger partial charge in [0, 0.05) is 51.4 Å². The molecule has 0 saturated carbocycles. The van der Waals surface area contributed by atoms with Crippen molar-refractivity contribution in [1.82, 2.24) is 9.99 Å². The molecule has 1 aromatic heterocycles. The van der Waals surface area contributed by atoms with Gasteiger partial charge in [-0.05, 0) is 29.8 Å². The zero-order valence-corrected chi connectivity index (χ0v) is 19.4.